The molecule has 0 radical (unpaired) electrons. The zero-order valence-corrected chi connectivity index (χ0v) is 24.5. The minimum absolute atomic E-state index is 0.0160. The Balaban J connectivity index is 1.63. The van der Waals surface area contributed by atoms with Crippen molar-refractivity contribution in [1.29, 1.82) is 0 Å². The predicted molar refractivity (Wildman–Crippen MR) is 161 cm³/mol. The Morgan fingerprint density at radius 2 is 1.82 bits per heavy atom. The van der Waals surface area contributed by atoms with E-state index < -0.39 is 17.4 Å². The second-order valence-corrected chi connectivity index (χ2v) is 12.7. The van der Waals surface area contributed by atoms with E-state index >= 15 is 0 Å². The number of nitrogens with two attached hydrogens (primary N) is 1. The van der Waals surface area contributed by atoms with Crippen LogP contribution in [-0.4, -0.2) is 37.6 Å². The van der Waals surface area contributed by atoms with Gasteiger partial charge in [0.1, 0.15) is 5.75 Å². The molecule has 1 spiro atoms. The van der Waals surface area contributed by atoms with Crippen LogP contribution in [0.1, 0.15) is 54.6 Å². The fourth-order valence-corrected chi connectivity index (χ4v) is 6.77. The van der Waals surface area contributed by atoms with Gasteiger partial charge in [0.15, 0.2) is 0 Å². The standard InChI is InChI=1S/C31H34Cl2N4O3/c1-30(2,3)15-25-31(16-35-23-14-20(33)9-10-21(23)31)26(17-6-5-7-19(32)12-17)27(37-25)29(39)36-22-11-8-18(28(34)38)13-24(22)40-4/h5-14,25-27,35,37H,15-16H2,1-4H3,(H2,34,38)(H,36,39)/t25-,26-,27+,31-/m0/s1. The van der Waals surface area contributed by atoms with E-state index in [2.05, 4.69) is 42.8 Å². The van der Waals surface area contributed by atoms with E-state index in [4.69, 9.17) is 33.7 Å². The number of hydrogen-bond acceptors (Lipinski definition) is 5. The number of primary amides is 1. The number of amides is 2. The second kappa shape index (κ2) is 10.6. The highest BCUT2D eigenvalue weighted by molar-refractivity contribution is 6.31. The molecular weight excluding hydrogens is 547 g/mol. The summed E-state index contributed by atoms with van der Waals surface area (Å²) in [5, 5.41) is 11.7. The van der Waals surface area contributed by atoms with Crippen molar-refractivity contribution in [2.45, 2.75) is 50.6 Å². The second-order valence-electron chi connectivity index (χ2n) is 11.8. The highest BCUT2D eigenvalue weighted by atomic mass is 35.5. The number of halogens is 2. The molecule has 1 saturated heterocycles. The summed E-state index contributed by atoms with van der Waals surface area (Å²) < 4.78 is 5.48. The van der Waals surface area contributed by atoms with Crippen molar-refractivity contribution >= 4 is 46.4 Å². The van der Waals surface area contributed by atoms with Gasteiger partial charge < -0.3 is 26.4 Å². The van der Waals surface area contributed by atoms with Crippen molar-refractivity contribution in [2.24, 2.45) is 11.1 Å². The molecule has 210 valence electrons. The normalized spacial score (nSPS) is 23.5. The Morgan fingerprint density at radius 3 is 2.50 bits per heavy atom. The van der Waals surface area contributed by atoms with Gasteiger partial charge in [-0.25, -0.2) is 0 Å². The van der Waals surface area contributed by atoms with E-state index in [-0.39, 0.29) is 23.3 Å². The number of carbonyl (C=O) groups is 2. The molecule has 2 aliphatic rings. The van der Waals surface area contributed by atoms with Crippen LogP contribution >= 0.6 is 23.2 Å². The fourth-order valence-electron chi connectivity index (χ4n) is 6.40. The monoisotopic (exact) mass is 580 g/mol. The molecule has 2 aliphatic heterocycles. The van der Waals surface area contributed by atoms with Crippen molar-refractivity contribution < 1.29 is 14.3 Å². The van der Waals surface area contributed by atoms with Crippen LogP contribution < -0.4 is 26.4 Å². The van der Waals surface area contributed by atoms with Crippen LogP contribution in [0.5, 0.6) is 5.75 Å². The number of ether oxygens (including phenoxy) is 1. The Labute approximate surface area is 244 Å². The molecule has 0 saturated carbocycles. The van der Waals surface area contributed by atoms with E-state index in [1.54, 1.807) is 12.1 Å². The molecule has 2 heterocycles. The summed E-state index contributed by atoms with van der Waals surface area (Å²) in [6.45, 7) is 7.26. The molecular formula is C31H34Cl2N4O3. The van der Waals surface area contributed by atoms with Gasteiger partial charge in [-0.15, -0.1) is 0 Å². The van der Waals surface area contributed by atoms with E-state index in [1.165, 1.54) is 13.2 Å². The number of fused-ring (bicyclic) bond motifs is 2. The van der Waals surface area contributed by atoms with Crippen LogP contribution in [0.15, 0.2) is 60.7 Å². The zero-order valence-electron chi connectivity index (χ0n) is 23.0. The molecule has 0 unspecified atom stereocenters. The number of hydrogen-bond donors (Lipinski definition) is 4. The first-order chi connectivity index (χ1) is 18.9. The minimum atomic E-state index is -0.602. The smallest absolute Gasteiger partial charge is 0.248 e. The summed E-state index contributed by atoms with van der Waals surface area (Å²) in [5.74, 6) is -0.697. The lowest BCUT2D eigenvalue weighted by molar-refractivity contribution is -0.118. The molecule has 9 heteroatoms. The van der Waals surface area contributed by atoms with Crippen LogP contribution in [0.4, 0.5) is 11.4 Å². The molecule has 40 heavy (non-hydrogen) atoms. The Bertz CT molecular complexity index is 1470. The Morgan fingerprint density at radius 1 is 1.07 bits per heavy atom. The largest absolute Gasteiger partial charge is 0.495 e. The highest BCUT2D eigenvalue weighted by Crippen LogP contribution is 2.56. The first-order valence-electron chi connectivity index (χ1n) is 13.3. The van der Waals surface area contributed by atoms with Crippen molar-refractivity contribution in [3.63, 3.8) is 0 Å². The molecule has 5 rings (SSSR count). The van der Waals surface area contributed by atoms with Gasteiger partial charge in [-0.1, -0.05) is 62.2 Å². The SMILES string of the molecule is COc1cc(C(N)=O)ccc1NC(=O)[C@@H]1N[C@@H](CC(C)(C)C)[C@@]2(CNc3cc(Cl)ccc32)[C@H]1c1cccc(Cl)c1. The predicted octanol–water partition coefficient (Wildman–Crippen LogP) is 5.96. The number of benzene rings is 3. The van der Waals surface area contributed by atoms with Crippen LogP contribution in [0.3, 0.4) is 0 Å². The average molecular weight is 582 g/mol. The van der Waals surface area contributed by atoms with E-state index in [0.29, 0.717) is 33.6 Å². The van der Waals surface area contributed by atoms with Crippen molar-refractivity contribution in [2.75, 3.05) is 24.3 Å². The maximum absolute atomic E-state index is 14.2. The number of methoxy groups -OCH3 is 1. The molecule has 4 atom stereocenters. The van der Waals surface area contributed by atoms with E-state index in [9.17, 15) is 9.59 Å². The lowest BCUT2D eigenvalue weighted by Gasteiger charge is -2.39. The van der Waals surface area contributed by atoms with Gasteiger partial charge in [-0.05, 0) is 65.4 Å². The summed E-state index contributed by atoms with van der Waals surface area (Å²) in [6.07, 6.45) is 0.828. The summed E-state index contributed by atoms with van der Waals surface area (Å²) in [6, 6.07) is 17.8. The maximum Gasteiger partial charge on any atom is 0.248 e. The van der Waals surface area contributed by atoms with Gasteiger partial charge in [0.2, 0.25) is 11.8 Å². The molecule has 3 aromatic carbocycles. The van der Waals surface area contributed by atoms with Crippen molar-refractivity contribution in [3.8, 4) is 5.75 Å². The molecule has 2 amide bonds. The summed E-state index contributed by atoms with van der Waals surface area (Å²) in [5.41, 5.74) is 8.79. The van der Waals surface area contributed by atoms with Crippen LogP contribution in [0, 0.1) is 5.41 Å². The number of anilines is 2. The molecule has 1 fully saturated rings. The number of carbonyl (C=O) groups excluding carboxylic acids is 2. The van der Waals surface area contributed by atoms with E-state index in [0.717, 1.165) is 23.2 Å². The van der Waals surface area contributed by atoms with Crippen molar-refractivity contribution in [3.05, 3.63) is 87.4 Å². The lowest BCUT2D eigenvalue weighted by atomic mass is 9.63. The maximum atomic E-state index is 14.2. The first-order valence-corrected chi connectivity index (χ1v) is 14.0. The summed E-state index contributed by atoms with van der Waals surface area (Å²) in [4.78, 5) is 25.9. The highest BCUT2D eigenvalue weighted by Gasteiger charge is 2.61. The van der Waals surface area contributed by atoms with Gasteiger partial charge in [0, 0.05) is 45.2 Å². The van der Waals surface area contributed by atoms with Gasteiger partial charge >= 0.3 is 0 Å². The summed E-state index contributed by atoms with van der Waals surface area (Å²) in [7, 11) is 1.49. The van der Waals surface area contributed by atoms with Gasteiger partial charge in [-0.3, -0.25) is 9.59 Å². The van der Waals surface area contributed by atoms with Crippen LogP contribution in [-0.2, 0) is 10.2 Å². The van der Waals surface area contributed by atoms with Crippen LogP contribution in [0.25, 0.3) is 0 Å². The van der Waals surface area contributed by atoms with Gasteiger partial charge in [0.05, 0.1) is 18.8 Å². The number of nitrogens with one attached hydrogen (secondary N) is 3. The molecule has 3 aromatic rings. The third-order valence-corrected chi connectivity index (χ3v) is 8.47. The molecule has 0 bridgehead atoms. The molecule has 0 aromatic heterocycles. The van der Waals surface area contributed by atoms with Gasteiger partial charge in [0.25, 0.3) is 0 Å². The minimum Gasteiger partial charge on any atom is -0.495 e. The quantitative estimate of drug-likeness (QED) is 0.288. The molecule has 7 nitrogen and oxygen atoms in total. The third-order valence-electron chi connectivity index (χ3n) is 8.00. The summed E-state index contributed by atoms with van der Waals surface area (Å²) >= 11 is 12.9. The molecule has 0 aliphatic carbocycles. The van der Waals surface area contributed by atoms with Gasteiger partial charge in [-0.2, -0.15) is 0 Å². The fraction of sp³-hybridized carbons (Fsp3) is 0.355. The Hall–Kier alpha value is -3.26. The zero-order chi connectivity index (χ0) is 28.8. The lowest BCUT2D eigenvalue weighted by Crippen LogP contribution is -2.46. The molecule has 5 N–H and O–H groups in total. The van der Waals surface area contributed by atoms with Crippen molar-refractivity contribution in [1.82, 2.24) is 5.32 Å². The van der Waals surface area contributed by atoms with E-state index in [1.807, 2.05) is 36.4 Å². The topological polar surface area (TPSA) is 105 Å². The average Bonchev–Trinajstić information content (AvgIpc) is 3.41. The third kappa shape index (κ3) is 5.14. The van der Waals surface area contributed by atoms with Crippen LogP contribution in [0.2, 0.25) is 10.0 Å². The Kier molecular flexibility index (Phi) is 7.50. The first kappa shape index (κ1) is 28.3. The number of rotatable bonds is 6.